The van der Waals surface area contributed by atoms with Crippen LogP contribution in [0, 0.1) is 5.82 Å². The van der Waals surface area contributed by atoms with Crippen LogP contribution in [0.3, 0.4) is 0 Å². The third-order valence-electron chi connectivity index (χ3n) is 1.85. The van der Waals surface area contributed by atoms with Gasteiger partial charge in [0.2, 0.25) is 0 Å². The van der Waals surface area contributed by atoms with Crippen molar-refractivity contribution in [2.45, 2.75) is 13.0 Å². The Balaban J connectivity index is 2.75. The molecule has 14 heavy (non-hydrogen) atoms. The fraction of sp³-hybridized carbons (Fsp3) is 0.400. The van der Waals surface area contributed by atoms with Gasteiger partial charge in [0.25, 0.3) is 0 Å². The summed E-state index contributed by atoms with van der Waals surface area (Å²) in [5.41, 5.74) is 6.52. The van der Waals surface area contributed by atoms with Gasteiger partial charge in [0.05, 0.1) is 11.4 Å². The number of hydrogen-bond acceptors (Lipinski definition) is 3. The predicted octanol–water partition coefficient (Wildman–Crippen LogP) is 2.57. The van der Waals surface area contributed by atoms with E-state index in [2.05, 4.69) is 5.32 Å². The average molecular weight is 214 g/mol. The van der Waals surface area contributed by atoms with Crippen LogP contribution in [-0.4, -0.2) is 18.1 Å². The summed E-state index contributed by atoms with van der Waals surface area (Å²) in [5, 5.41) is 3.06. The van der Waals surface area contributed by atoms with E-state index in [-0.39, 0.29) is 11.9 Å². The average Bonchev–Trinajstić information content (AvgIpc) is 2.12. The molecule has 0 saturated heterocycles. The molecule has 1 aromatic carbocycles. The fourth-order valence-electron chi connectivity index (χ4n) is 1.23. The molecule has 0 bridgehead atoms. The Morgan fingerprint density at radius 3 is 2.86 bits per heavy atom. The van der Waals surface area contributed by atoms with Crippen molar-refractivity contribution < 1.29 is 4.39 Å². The molecule has 1 unspecified atom stereocenters. The zero-order valence-corrected chi connectivity index (χ0v) is 9.20. The Hall–Kier alpha value is -0.900. The standard InChI is InChI=1S/C10H15FN2S/c1-7(6-14-2)13-10-8(11)4-3-5-9(10)12/h3-5,7,13H,6,12H2,1-2H3. The molecule has 0 fully saturated rings. The van der Waals surface area contributed by atoms with Gasteiger partial charge in [-0.2, -0.15) is 11.8 Å². The van der Waals surface area contributed by atoms with Gasteiger partial charge < -0.3 is 11.1 Å². The number of rotatable bonds is 4. The van der Waals surface area contributed by atoms with Crippen molar-refractivity contribution in [3.05, 3.63) is 24.0 Å². The van der Waals surface area contributed by atoms with E-state index in [1.54, 1.807) is 23.9 Å². The zero-order chi connectivity index (χ0) is 10.6. The summed E-state index contributed by atoms with van der Waals surface area (Å²) in [6.45, 7) is 2.00. The minimum atomic E-state index is -0.294. The Morgan fingerprint density at radius 1 is 1.57 bits per heavy atom. The molecule has 0 saturated carbocycles. The van der Waals surface area contributed by atoms with Crippen LogP contribution < -0.4 is 11.1 Å². The first-order chi connectivity index (χ1) is 6.65. The second-order valence-electron chi connectivity index (χ2n) is 3.20. The molecule has 1 rings (SSSR count). The lowest BCUT2D eigenvalue weighted by atomic mass is 10.2. The van der Waals surface area contributed by atoms with Gasteiger partial charge in [-0.25, -0.2) is 4.39 Å². The molecule has 0 heterocycles. The van der Waals surface area contributed by atoms with Crippen molar-refractivity contribution in [3.8, 4) is 0 Å². The molecular formula is C10H15FN2S. The monoisotopic (exact) mass is 214 g/mol. The number of para-hydroxylation sites is 1. The first-order valence-electron chi connectivity index (χ1n) is 4.44. The zero-order valence-electron chi connectivity index (χ0n) is 8.38. The minimum absolute atomic E-state index is 0.212. The van der Waals surface area contributed by atoms with Crippen LogP contribution in [0.5, 0.6) is 0 Å². The first kappa shape index (κ1) is 11.2. The van der Waals surface area contributed by atoms with E-state index < -0.39 is 0 Å². The summed E-state index contributed by atoms with van der Waals surface area (Å²) in [4.78, 5) is 0. The summed E-state index contributed by atoms with van der Waals surface area (Å²) in [6, 6.07) is 4.92. The van der Waals surface area contributed by atoms with E-state index in [1.807, 2.05) is 13.2 Å². The van der Waals surface area contributed by atoms with E-state index in [4.69, 9.17) is 5.73 Å². The summed E-state index contributed by atoms with van der Waals surface area (Å²) >= 11 is 1.71. The van der Waals surface area contributed by atoms with Crippen molar-refractivity contribution in [1.82, 2.24) is 0 Å². The SMILES string of the molecule is CSCC(C)Nc1c(N)cccc1F. The molecular weight excluding hydrogens is 199 g/mol. The highest BCUT2D eigenvalue weighted by Crippen LogP contribution is 2.22. The number of anilines is 2. The van der Waals surface area contributed by atoms with Crippen molar-refractivity contribution in [2.24, 2.45) is 0 Å². The lowest BCUT2D eigenvalue weighted by molar-refractivity contribution is 0.629. The molecule has 1 atom stereocenters. The highest BCUT2D eigenvalue weighted by Gasteiger charge is 2.08. The molecule has 2 nitrogen and oxygen atoms in total. The number of nitrogen functional groups attached to an aromatic ring is 1. The Bertz CT molecular complexity index is 284. The topological polar surface area (TPSA) is 38.0 Å². The first-order valence-corrected chi connectivity index (χ1v) is 5.84. The summed E-state index contributed by atoms with van der Waals surface area (Å²) in [5.74, 6) is 0.631. The predicted molar refractivity (Wildman–Crippen MR) is 62.3 cm³/mol. The van der Waals surface area contributed by atoms with Crippen LogP contribution in [-0.2, 0) is 0 Å². The molecule has 1 aromatic rings. The summed E-state index contributed by atoms with van der Waals surface area (Å²) in [6.07, 6.45) is 2.02. The summed E-state index contributed by atoms with van der Waals surface area (Å²) in [7, 11) is 0. The van der Waals surface area contributed by atoms with Gasteiger partial charge in [0.15, 0.2) is 0 Å². The maximum Gasteiger partial charge on any atom is 0.148 e. The fourth-order valence-corrected chi connectivity index (χ4v) is 1.81. The highest BCUT2D eigenvalue weighted by atomic mass is 32.2. The Morgan fingerprint density at radius 2 is 2.29 bits per heavy atom. The highest BCUT2D eigenvalue weighted by molar-refractivity contribution is 7.98. The molecule has 0 amide bonds. The molecule has 0 spiro atoms. The lowest BCUT2D eigenvalue weighted by Crippen LogP contribution is -2.19. The van der Waals surface area contributed by atoms with Gasteiger partial charge in [-0.1, -0.05) is 6.07 Å². The molecule has 0 aliphatic heterocycles. The van der Waals surface area contributed by atoms with E-state index in [0.717, 1.165) is 5.75 Å². The van der Waals surface area contributed by atoms with Crippen molar-refractivity contribution in [3.63, 3.8) is 0 Å². The van der Waals surface area contributed by atoms with Crippen LogP contribution in [0.15, 0.2) is 18.2 Å². The number of benzene rings is 1. The van der Waals surface area contributed by atoms with Gasteiger partial charge in [-0.3, -0.25) is 0 Å². The molecule has 0 aliphatic rings. The lowest BCUT2D eigenvalue weighted by Gasteiger charge is -2.16. The minimum Gasteiger partial charge on any atom is -0.397 e. The molecule has 78 valence electrons. The maximum absolute atomic E-state index is 13.3. The molecule has 4 heteroatoms. The molecule has 3 N–H and O–H groups in total. The van der Waals surface area contributed by atoms with E-state index >= 15 is 0 Å². The van der Waals surface area contributed by atoms with Crippen LogP contribution in [0.2, 0.25) is 0 Å². The second-order valence-corrected chi connectivity index (χ2v) is 4.12. The van der Waals surface area contributed by atoms with Crippen molar-refractivity contribution in [1.29, 1.82) is 0 Å². The summed E-state index contributed by atoms with van der Waals surface area (Å²) < 4.78 is 13.3. The van der Waals surface area contributed by atoms with Gasteiger partial charge in [-0.05, 0) is 25.3 Å². The van der Waals surface area contributed by atoms with E-state index in [1.165, 1.54) is 6.07 Å². The number of halogens is 1. The number of nitrogens with one attached hydrogen (secondary N) is 1. The Kier molecular flexibility index (Phi) is 4.07. The van der Waals surface area contributed by atoms with Gasteiger partial charge in [0.1, 0.15) is 5.82 Å². The van der Waals surface area contributed by atoms with E-state index in [9.17, 15) is 4.39 Å². The number of thioether (sulfide) groups is 1. The van der Waals surface area contributed by atoms with Crippen LogP contribution in [0.4, 0.5) is 15.8 Å². The van der Waals surface area contributed by atoms with Gasteiger partial charge in [-0.15, -0.1) is 0 Å². The second kappa shape index (κ2) is 5.10. The molecule has 0 aliphatic carbocycles. The molecule has 0 radical (unpaired) electrons. The normalized spacial score (nSPS) is 12.5. The van der Waals surface area contributed by atoms with Crippen molar-refractivity contribution >= 4 is 23.1 Å². The Labute approximate surface area is 88.1 Å². The largest absolute Gasteiger partial charge is 0.397 e. The third kappa shape index (κ3) is 2.80. The third-order valence-corrected chi connectivity index (χ3v) is 2.69. The molecule has 0 aromatic heterocycles. The van der Waals surface area contributed by atoms with Gasteiger partial charge >= 0.3 is 0 Å². The van der Waals surface area contributed by atoms with Crippen LogP contribution in [0.1, 0.15) is 6.92 Å². The van der Waals surface area contributed by atoms with Crippen LogP contribution >= 0.6 is 11.8 Å². The number of hydrogen-bond donors (Lipinski definition) is 2. The quantitative estimate of drug-likeness (QED) is 0.756. The van der Waals surface area contributed by atoms with Crippen molar-refractivity contribution in [2.75, 3.05) is 23.1 Å². The number of nitrogens with two attached hydrogens (primary N) is 1. The van der Waals surface area contributed by atoms with Gasteiger partial charge in [0, 0.05) is 11.8 Å². The van der Waals surface area contributed by atoms with Crippen LogP contribution in [0.25, 0.3) is 0 Å². The smallest absolute Gasteiger partial charge is 0.148 e. The maximum atomic E-state index is 13.3. The van der Waals surface area contributed by atoms with E-state index in [0.29, 0.717) is 11.4 Å².